The molecule has 2 N–H and O–H groups in total. The monoisotopic (exact) mass is 313 g/mol. The molecule has 2 aromatic rings. The van der Waals surface area contributed by atoms with Crippen molar-refractivity contribution in [2.24, 2.45) is 0 Å². The maximum Gasteiger partial charge on any atom is 0.416 e. The van der Waals surface area contributed by atoms with Gasteiger partial charge in [-0.05, 0) is 24.3 Å². The molecule has 0 atom stereocenters. The Bertz CT molecular complexity index is 693. The number of carboxylic acid groups (broad SMARTS) is 1. The molecule has 116 valence electrons. The number of alkyl halides is 3. The second-order valence-electron chi connectivity index (χ2n) is 4.35. The van der Waals surface area contributed by atoms with Crippen LogP contribution in [0.5, 0.6) is 0 Å². The molecule has 0 fully saturated rings. The zero-order valence-corrected chi connectivity index (χ0v) is 11.0. The highest BCUT2D eigenvalue weighted by Crippen LogP contribution is 2.29. The molecule has 0 bridgehead atoms. The molecule has 1 amide bonds. The van der Waals surface area contributed by atoms with E-state index in [-0.39, 0.29) is 11.3 Å². The SMILES string of the molecule is O=C(O)Cn1cc(C(=O)Nc2ccc(C(F)(F)F)cc2)cn1. The van der Waals surface area contributed by atoms with Crippen molar-refractivity contribution in [2.45, 2.75) is 12.7 Å². The topological polar surface area (TPSA) is 84.2 Å². The van der Waals surface area contributed by atoms with Crippen LogP contribution in [0, 0.1) is 0 Å². The maximum absolute atomic E-state index is 12.4. The van der Waals surface area contributed by atoms with Gasteiger partial charge in [-0.3, -0.25) is 14.3 Å². The number of rotatable bonds is 4. The van der Waals surface area contributed by atoms with E-state index in [0.717, 1.165) is 28.9 Å². The van der Waals surface area contributed by atoms with E-state index in [1.807, 2.05) is 0 Å². The predicted molar refractivity (Wildman–Crippen MR) is 69.3 cm³/mol. The summed E-state index contributed by atoms with van der Waals surface area (Å²) in [5, 5.41) is 14.7. The van der Waals surface area contributed by atoms with E-state index < -0.39 is 30.2 Å². The molecule has 2 rings (SSSR count). The lowest BCUT2D eigenvalue weighted by molar-refractivity contribution is -0.138. The van der Waals surface area contributed by atoms with Gasteiger partial charge in [-0.2, -0.15) is 18.3 Å². The minimum Gasteiger partial charge on any atom is -0.480 e. The number of carboxylic acids is 1. The maximum atomic E-state index is 12.4. The quantitative estimate of drug-likeness (QED) is 0.906. The Labute approximate surface area is 122 Å². The molecule has 0 saturated carbocycles. The van der Waals surface area contributed by atoms with Crippen molar-refractivity contribution in [1.29, 1.82) is 0 Å². The van der Waals surface area contributed by atoms with Crippen LogP contribution in [0.3, 0.4) is 0 Å². The Kier molecular flexibility index (Phi) is 4.15. The van der Waals surface area contributed by atoms with Crippen molar-refractivity contribution in [3.8, 4) is 0 Å². The van der Waals surface area contributed by atoms with E-state index in [4.69, 9.17) is 5.11 Å². The number of anilines is 1. The Balaban J connectivity index is 2.05. The van der Waals surface area contributed by atoms with Gasteiger partial charge in [-0.25, -0.2) is 0 Å². The second kappa shape index (κ2) is 5.88. The van der Waals surface area contributed by atoms with Gasteiger partial charge in [0.25, 0.3) is 5.91 Å². The summed E-state index contributed by atoms with van der Waals surface area (Å²) >= 11 is 0. The summed E-state index contributed by atoms with van der Waals surface area (Å²) in [5.41, 5.74) is -0.537. The fourth-order valence-corrected chi connectivity index (χ4v) is 1.65. The molecule has 0 unspecified atom stereocenters. The Morgan fingerprint density at radius 2 is 1.86 bits per heavy atom. The van der Waals surface area contributed by atoms with Crippen LogP contribution >= 0.6 is 0 Å². The van der Waals surface area contributed by atoms with Crippen molar-refractivity contribution >= 4 is 17.6 Å². The van der Waals surface area contributed by atoms with Crippen LogP contribution in [-0.4, -0.2) is 26.8 Å². The van der Waals surface area contributed by atoms with Gasteiger partial charge in [0.2, 0.25) is 0 Å². The van der Waals surface area contributed by atoms with E-state index in [1.165, 1.54) is 12.4 Å². The van der Waals surface area contributed by atoms with Crippen molar-refractivity contribution in [3.63, 3.8) is 0 Å². The summed E-state index contributed by atoms with van der Waals surface area (Å²) < 4.78 is 38.3. The van der Waals surface area contributed by atoms with Crippen molar-refractivity contribution in [3.05, 3.63) is 47.8 Å². The third kappa shape index (κ3) is 3.84. The van der Waals surface area contributed by atoms with Gasteiger partial charge >= 0.3 is 12.1 Å². The number of halogens is 3. The molecule has 0 aliphatic carbocycles. The van der Waals surface area contributed by atoms with Crippen LogP contribution in [0.4, 0.5) is 18.9 Å². The van der Waals surface area contributed by atoms with Crippen LogP contribution in [0.1, 0.15) is 15.9 Å². The average molecular weight is 313 g/mol. The summed E-state index contributed by atoms with van der Waals surface area (Å²) in [4.78, 5) is 22.4. The molecule has 0 aliphatic rings. The average Bonchev–Trinajstić information content (AvgIpc) is 2.86. The first-order valence-electron chi connectivity index (χ1n) is 5.98. The third-order valence-corrected chi connectivity index (χ3v) is 2.66. The number of hydrogen-bond acceptors (Lipinski definition) is 3. The lowest BCUT2D eigenvalue weighted by Crippen LogP contribution is -2.12. The standard InChI is InChI=1S/C13H10F3N3O3/c14-13(15,16)9-1-3-10(4-2-9)18-12(22)8-5-17-19(6-8)7-11(20)21/h1-6H,7H2,(H,18,22)(H,20,21). The van der Waals surface area contributed by atoms with Crippen molar-refractivity contribution in [1.82, 2.24) is 9.78 Å². The van der Waals surface area contributed by atoms with Gasteiger partial charge in [0, 0.05) is 11.9 Å². The van der Waals surface area contributed by atoms with Crippen LogP contribution < -0.4 is 5.32 Å². The molecule has 1 heterocycles. The first-order chi connectivity index (χ1) is 10.3. The second-order valence-corrected chi connectivity index (χ2v) is 4.35. The highest BCUT2D eigenvalue weighted by molar-refractivity contribution is 6.03. The molecule has 0 radical (unpaired) electrons. The number of benzene rings is 1. The Morgan fingerprint density at radius 3 is 2.41 bits per heavy atom. The largest absolute Gasteiger partial charge is 0.480 e. The van der Waals surface area contributed by atoms with E-state index in [1.54, 1.807) is 0 Å². The summed E-state index contributed by atoms with van der Waals surface area (Å²) in [7, 11) is 0. The van der Waals surface area contributed by atoms with Crippen LogP contribution in [0.2, 0.25) is 0 Å². The molecule has 22 heavy (non-hydrogen) atoms. The molecule has 1 aromatic carbocycles. The van der Waals surface area contributed by atoms with E-state index >= 15 is 0 Å². The Morgan fingerprint density at radius 1 is 1.23 bits per heavy atom. The summed E-state index contributed by atoms with van der Waals surface area (Å²) in [6.45, 7) is -0.395. The van der Waals surface area contributed by atoms with Crippen molar-refractivity contribution < 1.29 is 27.9 Å². The number of aromatic nitrogens is 2. The number of hydrogen-bond donors (Lipinski definition) is 2. The molecular formula is C13H10F3N3O3. The van der Waals surface area contributed by atoms with Crippen LogP contribution in [-0.2, 0) is 17.5 Å². The molecular weight excluding hydrogens is 303 g/mol. The van der Waals surface area contributed by atoms with Gasteiger partial charge in [0.1, 0.15) is 6.54 Å². The molecule has 6 nitrogen and oxygen atoms in total. The van der Waals surface area contributed by atoms with Gasteiger partial charge in [0.05, 0.1) is 17.3 Å². The first-order valence-corrected chi connectivity index (χ1v) is 5.98. The number of amides is 1. The van der Waals surface area contributed by atoms with Crippen molar-refractivity contribution in [2.75, 3.05) is 5.32 Å². The normalized spacial score (nSPS) is 11.2. The molecule has 0 aliphatic heterocycles. The Hall–Kier alpha value is -2.84. The predicted octanol–water partition coefficient (Wildman–Crippen LogP) is 2.24. The smallest absolute Gasteiger partial charge is 0.416 e. The van der Waals surface area contributed by atoms with E-state index in [0.29, 0.717) is 0 Å². The molecule has 1 aromatic heterocycles. The van der Waals surface area contributed by atoms with Gasteiger partial charge < -0.3 is 10.4 Å². The van der Waals surface area contributed by atoms with Gasteiger partial charge in [0.15, 0.2) is 0 Å². The summed E-state index contributed by atoms with van der Waals surface area (Å²) in [6.07, 6.45) is -2.05. The fraction of sp³-hybridized carbons (Fsp3) is 0.154. The number of aliphatic carboxylic acids is 1. The number of carbonyl (C=O) groups is 2. The zero-order valence-electron chi connectivity index (χ0n) is 11.0. The summed E-state index contributed by atoms with van der Waals surface area (Å²) in [5.74, 6) is -1.71. The van der Waals surface area contributed by atoms with Crippen LogP contribution in [0.15, 0.2) is 36.7 Å². The summed E-state index contributed by atoms with van der Waals surface area (Å²) in [6, 6.07) is 3.96. The number of nitrogens with one attached hydrogen (secondary N) is 1. The third-order valence-electron chi connectivity index (χ3n) is 2.66. The lowest BCUT2D eigenvalue weighted by atomic mass is 10.2. The highest BCUT2D eigenvalue weighted by atomic mass is 19.4. The molecule has 0 spiro atoms. The minimum atomic E-state index is -4.44. The van der Waals surface area contributed by atoms with Crippen LogP contribution in [0.25, 0.3) is 0 Å². The van der Waals surface area contributed by atoms with Gasteiger partial charge in [-0.15, -0.1) is 0 Å². The van der Waals surface area contributed by atoms with E-state index in [9.17, 15) is 22.8 Å². The molecule has 9 heteroatoms. The number of nitrogens with zero attached hydrogens (tertiary/aromatic N) is 2. The number of carbonyl (C=O) groups excluding carboxylic acids is 1. The minimum absolute atomic E-state index is 0.0983. The van der Waals surface area contributed by atoms with Gasteiger partial charge in [-0.1, -0.05) is 0 Å². The zero-order chi connectivity index (χ0) is 16.3. The highest BCUT2D eigenvalue weighted by Gasteiger charge is 2.30. The van der Waals surface area contributed by atoms with E-state index in [2.05, 4.69) is 10.4 Å². The molecule has 0 saturated heterocycles. The first kappa shape index (κ1) is 15.5. The lowest BCUT2D eigenvalue weighted by Gasteiger charge is -2.08. The fourth-order valence-electron chi connectivity index (χ4n) is 1.65.